The lowest BCUT2D eigenvalue weighted by Gasteiger charge is -2.37. The normalized spacial score (nSPS) is 14.3. The number of benzene rings is 3. The second-order valence-corrected chi connectivity index (χ2v) is 15.2. The second kappa shape index (κ2) is 13.0. The molecule has 0 fully saturated rings. The van der Waals surface area contributed by atoms with Gasteiger partial charge in [0.1, 0.15) is 0 Å². The Bertz CT molecular complexity index is 1010. The van der Waals surface area contributed by atoms with Crippen LogP contribution in [-0.2, 0) is 22.3 Å². The van der Waals surface area contributed by atoms with Gasteiger partial charge in [0.05, 0.1) is 12.1 Å². The second-order valence-electron chi connectivity index (χ2n) is 10.7. The average Bonchev–Trinajstić information content (AvgIpc) is 2.87. The molecule has 3 rings (SSSR count). The molecule has 5 heteroatoms. The molecule has 0 heterocycles. The van der Waals surface area contributed by atoms with Gasteiger partial charge in [-0.3, -0.25) is 9.69 Å². The molecule has 0 aliphatic carbocycles. The van der Waals surface area contributed by atoms with E-state index < -0.39 is 8.32 Å². The van der Waals surface area contributed by atoms with Gasteiger partial charge >= 0.3 is 0 Å². The fourth-order valence-corrected chi connectivity index (χ4v) is 5.52. The van der Waals surface area contributed by atoms with Crippen LogP contribution in [0.15, 0.2) is 91.0 Å². The lowest BCUT2D eigenvalue weighted by atomic mass is 10.0. The van der Waals surface area contributed by atoms with E-state index in [0.29, 0.717) is 6.42 Å². The maximum absolute atomic E-state index is 13.6. The van der Waals surface area contributed by atoms with Gasteiger partial charge in [-0.15, -0.1) is 0 Å². The quantitative estimate of drug-likeness (QED) is 0.252. The van der Waals surface area contributed by atoms with Crippen molar-refractivity contribution in [2.24, 2.45) is 0 Å². The van der Waals surface area contributed by atoms with Crippen LogP contribution < -0.4 is 0 Å². The summed E-state index contributed by atoms with van der Waals surface area (Å²) in [7, 11) is 0.0895. The van der Waals surface area contributed by atoms with E-state index in [1.54, 1.807) is 0 Å². The van der Waals surface area contributed by atoms with Crippen LogP contribution in [0.2, 0.25) is 19.6 Å². The Morgan fingerprint density at radius 3 is 1.67 bits per heavy atom. The van der Waals surface area contributed by atoms with Gasteiger partial charge in [0, 0.05) is 32.6 Å². The van der Waals surface area contributed by atoms with Crippen molar-refractivity contribution in [3.05, 3.63) is 108 Å². The summed E-state index contributed by atoms with van der Waals surface area (Å²) in [6.07, 6.45) is 0.307. The number of nitrogens with zero attached hydrogens (tertiary/aromatic N) is 2. The summed E-state index contributed by atoms with van der Waals surface area (Å²) in [4.78, 5) is 17.8. The minimum atomic E-state index is -1.83. The molecule has 1 amide bonds. The number of rotatable bonds is 12. The molecule has 0 radical (unpaired) electrons. The minimum Gasteiger partial charge on any atom is -0.409 e. The van der Waals surface area contributed by atoms with E-state index in [1.165, 1.54) is 11.1 Å². The predicted octanol–water partition coefficient (Wildman–Crippen LogP) is 6.91. The number of hydrogen-bond donors (Lipinski definition) is 0. The van der Waals surface area contributed by atoms with Gasteiger partial charge in [0.25, 0.3) is 0 Å². The van der Waals surface area contributed by atoms with Crippen molar-refractivity contribution in [1.82, 2.24) is 9.80 Å². The Hall–Kier alpha value is -2.73. The van der Waals surface area contributed by atoms with E-state index in [2.05, 4.69) is 99.1 Å². The van der Waals surface area contributed by atoms with E-state index in [4.69, 9.17) is 4.43 Å². The molecule has 0 aromatic heterocycles. The number of carbonyl (C=O) groups excluding carboxylic acids is 1. The van der Waals surface area contributed by atoms with Crippen molar-refractivity contribution in [1.29, 1.82) is 0 Å². The first-order valence-electron chi connectivity index (χ1n) is 12.9. The molecule has 0 bridgehead atoms. The zero-order chi connectivity index (χ0) is 26.1. The van der Waals surface area contributed by atoms with Crippen LogP contribution in [0, 0.1) is 0 Å². The van der Waals surface area contributed by atoms with Crippen LogP contribution in [0.25, 0.3) is 0 Å². The lowest BCUT2D eigenvalue weighted by Crippen LogP contribution is -2.45. The summed E-state index contributed by atoms with van der Waals surface area (Å²) in [6.45, 7) is 12.5. The molecule has 192 valence electrons. The van der Waals surface area contributed by atoms with Gasteiger partial charge in [0.2, 0.25) is 5.91 Å². The summed E-state index contributed by atoms with van der Waals surface area (Å²) in [5.74, 6) is 0.140. The molecule has 0 spiro atoms. The van der Waals surface area contributed by atoms with Gasteiger partial charge in [-0.2, -0.15) is 0 Å². The number of amides is 1. The maximum Gasteiger partial charge on any atom is 0.224 e. The molecule has 0 unspecified atom stereocenters. The van der Waals surface area contributed by atoms with Crippen molar-refractivity contribution < 1.29 is 9.22 Å². The third-order valence-electron chi connectivity index (χ3n) is 6.60. The molecule has 3 aromatic carbocycles. The Labute approximate surface area is 219 Å². The zero-order valence-electron chi connectivity index (χ0n) is 22.7. The summed E-state index contributed by atoms with van der Waals surface area (Å²) in [5.41, 5.74) is 3.62. The van der Waals surface area contributed by atoms with Crippen LogP contribution in [0.1, 0.15) is 43.1 Å². The first-order valence-corrected chi connectivity index (χ1v) is 16.3. The summed E-state index contributed by atoms with van der Waals surface area (Å²) in [6, 6.07) is 31.3. The highest BCUT2D eigenvalue weighted by molar-refractivity contribution is 6.69. The maximum atomic E-state index is 13.6. The smallest absolute Gasteiger partial charge is 0.224 e. The summed E-state index contributed by atoms with van der Waals surface area (Å²) in [5, 5.41) is 0. The van der Waals surface area contributed by atoms with E-state index in [-0.39, 0.29) is 24.1 Å². The highest BCUT2D eigenvalue weighted by atomic mass is 28.4. The van der Waals surface area contributed by atoms with E-state index >= 15 is 0 Å². The fourth-order valence-electron chi connectivity index (χ4n) is 4.43. The minimum absolute atomic E-state index is 0.0736. The summed E-state index contributed by atoms with van der Waals surface area (Å²) < 4.78 is 6.60. The van der Waals surface area contributed by atoms with Gasteiger partial charge in [-0.05, 0) is 50.2 Å². The number of likely N-dealkylation sites (N-methyl/N-ethyl adjacent to an activating group) is 1. The monoisotopic (exact) mass is 502 g/mol. The van der Waals surface area contributed by atoms with Crippen molar-refractivity contribution >= 4 is 14.2 Å². The molecule has 0 saturated heterocycles. The van der Waals surface area contributed by atoms with Crippen LogP contribution in [0.4, 0.5) is 0 Å². The molecule has 4 nitrogen and oxygen atoms in total. The number of carbonyl (C=O) groups is 1. The Balaban J connectivity index is 1.74. The molecular weight excluding hydrogens is 460 g/mol. The first-order chi connectivity index (χ1) is 17.1. The number of hydrogen-bond acceptors (Lipinski definition) is 3. The van der Waals surface area contributed by atoms with Crippen LogP contribution >= 0.6 is 0 Å². The lowest BCUT2D eigenvalue weighted by molar-refractivity contribution is -0.135. The Morgan fingerprint density at radius 1 is 0.778 bits per heavy atom. The molecular formula is C31H42N2O2Si. The van der Waals surface area contributed by atoms with Crippen LogP contribution in [0.3, 0.4) is 0 Å². The molecule has 0 saturated carbocycles. The third kappa shape index (κ3) is 8.44. The molecule has 0 aliphatic rings. The van der Waals surface area contributed by atoms with Crippen molar-refractivity contribution in [2.45, 2.75) is 71.2 Å². The molecule has 36 heavy (non-hydrogen) atoms. The van der Waals surface area contributed by atoms with E-state index in [0.717, 1.165) is 18.7 Å². The molecule has 3 aromatic rings. The third-order valence-corrected chi connectivity index (χ3v) is 7.56. The fraction of sp³-hybridized carbons (Fsp3) is 0.387. The zero-order valence-corrected chi connectivity index (χ0v) is 23.7. The molecule has 3 atom stereocenters. The Morgan fingerprint density at radius 2 is 1.22 bits per heavy atom. The van der Waals surface area contributed by atoms with Gasteiger partial charge < -0.3 is 9.33 Å². The molecule has 0 N–H and O–H groups in total. The first kappa shape index (κ1) is 27.8. The van der Waals surface area contributed by atoms with E-state index in [9.17, 15) is 4.79 Å². The van der Waals surface area contributed by atoms with E-state index in [1.807, 2.05) is 42.3 Å². The van der Waals surface area contributed by atoms with Crippen LogP contribution in [0.5, 0.6) is 0 Å². The van der Waals surface area contributed by atoms with Crippen molar-refractivity contribution in [2.75, 3.05) is 7.05 Å². The molecule has 0 aliphatic heterocycles. The van der Waals surface area contributed by atoms with Gasteiger partial charge in [-0.25, -0.2) is 0 Å². The highest BCUT2D eigenvalue weighted by Crippen LogP contribution is 2.29. The predicted molar refractivity (Wildman–Crippen MR) is 152 cm³/mol. The van der Waals surface area contributed by atoms with Gasteiger partial charge in [-0.1, -0.05) is 91.0 Å². The van der Waals surface area contributed by atoms with Crippen molar-refractivity contribution in [3.8, 4) is 0 Å². The van der Waals surface area contributed by atoms with Gasteiger partial charge in [0.15, 0.2) is 8.32 Å². The van der Waals surface area contributed by atoms with Crippen LogP contribution in [-0.4, -0.2) is 43.2 Å². The topological polar surface area (TPSA) is 32.8 Å². The largest absolute Gasteiger partial charge is 0.409 e. The summed E-state index contributed by atoms with van der Waals surface area (Å²) >= 11 is 0. The standard InChI is InChI=1S/C31H42N2O2Si/c1-25(33(23-27-16-10-7-11-17-27)24-28-18-12-8-13-19-28)22-30(34)32(3)26(2)31(35-36(4,5)6)29-20-14-9-15-21-29/h7-21,25-26,31H,22-24H2,1-6H3/t25-,26-,31+/m0/s1. The average molecular weight is 503 g/mol. The SMILES string of the molecule is C[C@@H](CC(=O)N(C)[C@@H](C)[C@@H](O[Si](C)(C)C)c1ccccc1)N(Cc1ccccc1)Cc1ccccc1. The Kier molecular flexibility index (Phi) is 10.1. The van der Waals surface area contributed by atoms with Crippen molar-refractivity contribution in [3.63, 3.8) is 0 Å². The highest BCUT2D eigenvalue weighted by Gasteiger charge is 2.31.